The highest BCUT2D eigenvalue weighted by Gasteiger charge is 2.47. The standard InChI is InChI=1S/C22H24FNO3/c23-18-6-2-1-5-17(18)22(11-3-4-12-22)21(27)24-19-10-9-14-7-8-15(20(25)26)13-16(14)19/h1-2,5,7-8,13,18-19H,3-4,6,9-12H2,(H,24,27)(H,25,26)/t18?,19-/m1/s1. The number of nitrogens with one attached hydrogen (secondary N) is 1. The molecule has 2 atom stereocenters. The van der Waals surface area contributed by atoms with Gasteiger partial charge in [0, 0.05) is 6.42 Å². The number of benzene rings is 1. The maximum Gasteiger partial charge on any atom is 0.335 e. The van der Waals surface area contributed by atoms with Gasteiger partial charge in [0.05, 0.1) is 17.0 Å². The lowest BCUT2D eigenvalue weighted by atomic mass is 9.73. The molecule has 0 bridgehead atoms. The summed E-state index contributed by atoms with van der Waals surface area (Å²) in [6.07, 6.45) is 9.41. The van der Waals surface area contributed by atoms with Crippen molar-refractivity contribution in [2.75, 3.05) is 0 Å². The van der Waals surface area contributed by atoms with Gasteiger partial charge < -0.3 is 10.4 Å². The van der Waals surface area contributed by atoms with Crippen molar-refractivity contribution >= 4 is 11.9 Å². The summed E-state index contributed by atoms with van der Waals surface area (Å²) in [6.45, 7) is 0. The number of aromatic carboxylic acids is 1. The first kappa shape index (κ1) is 18.0. The van der Waals surface area contributed by atoms with Gasteiger partial charge in [-0.1, -0.05) is 37.1 Å². The molecule has 0 aromatic heterocycles. The third-order valence-corrected chi connectivity index (χ3v) is 6.31. The summed E-state index contributed by atoms with van der Waals surface area (Å²) in [5.74, 6) is -1.08. The van der Waals surface area contributed by atoms with Crippen molar-refractivity contribution in [1.29, 1.82) is 0 Å². The minimum atomic E-state index is -1.10. The van der Waals surface area contributed by atoms with Gasteiger partial charge in [-0.3, -0.25) is 4.79 Å². The number of alkyl halides is 1. The first-order valence-electron chi connectivity index (χ1n) is 9.69. The molecule has 0 aliphatic heterocycles. The van der Waals surface area contributed by atoms with Gasteiger partial charge in [0.2, 0.25) is 5.91 Å². The van der Waals surface area contributed by atoms with Crippen LogP contribution < -0.4 is 5.32 Å². The number of carbonyl (C=O) groups is 2. The van der Waals surface area contributed by atoms with Gasteiger partial charge in [-0.05, 0) is 54.5 Å². The number of halogens is 1. The zero-order chi connectivity index (χ0) is 19.0. The average Bonchev–Trinajstić information content (AvgIpc) is 3.30. The summed E-state index contributed by atoms with van der Waals surface area (Å²) in [7, 11) is 0. The monoisotopic (exact) mass is 369 g/mol. The van der Waals surface area contributed by atoms with E-state index in [4.69, 9.17) is 0 Å². The number of rotatable bonds is 4. The minimum absolute atomic E-state index is 0.109. The van der Waals surface area contributed by atoms with E-state index in [9.17, 15) is 19.1 Å². The Bertz CT molecular complexity index is 836. The van der Waals surface area contributed by atoms with Gasteiger partial charge in [0.1, 0.15) is 6.17 Å². The number of amides is 1. The van der Waals surface area contributed by atoms with Crippen LogP contribution in [0.3, 0.4) is 0 Å². The Morgan fingerprint density at radius 1 is 1.22 bits per heavy atom. The topological polar surface area (TPSA) is 66.4 Å². The maximum atomic E-state index is 14.6. The molecule has 1 aromatic rings. The van der Waals surface area contributed by atoms with Crippen LogP contribution >= 0.6 is 0 Å². The van der Waals surface area contributed by atoms with Crippen molar-refractivity contribution < 1.29 is 19.1 Å². The second kappa shape index (κ2) is 6.95. The highest BCUT2D eigenvalue weighted by molar-refractivity contribution is 5.89. The Balaban J connectivity index is 1.61. The normalized spacial score (nSPS) is 25.7. The second-order valence-corrected chi connectivity index (χ2v) is 7.83. The minimum Gasteiger partial charge on any atom is -0.478 e. The van der Waals surface area contributed by atoms with E-state index in [-0.39, 0.29) is 17.5 Å². The van der Waals surface area contributed by atoms with Gasteiger partial charge in [-0.2, -0.15) is 0 Å². The average molecular weight is 369 g/mol. The molecule has 0 radical (unpaired) electrons. The predicted molar refractivity (Wildman–Crippen MR) is 100 cm³/mol. The molecule has 4 rings (SSSR count). The largest absolute Gasteiger partial charge is 0.478 e. The fourth-order valence-electron chi connectivity index (χ4n) is 4.87. The molecule has 142 valence electrons. The molecule has 1 fully saturated rings. The highest BCUT2D eigenvalue weighted by atomic mass is 19.1. The van der Waals surface area contributed by atoms with Crippen LogP contribution in [-0.2, 0) is 11.2 Å². The molecule has 1 saturated carbocycles. The molecule has 0 saturated heterocycles. The van der Waals surface area contributed by atoms with E-state index in [1.54, 1.807) is 24.3 Å². The predicted octanol–water partition coefficient (Wildman–Crippen LogP) is 4.27. The third-order valence-electron chi connectivity index (χ3n) is 6.31. The number of carbonyl (C=O) groups excluding carboxylic acids is 1. The molecule has 3 aliphatic rings. The quantitative estimate of drug-likeness (QED) is 0.833. The summed E-state index contributed by atoms with van der Waals surface area (Å²) in [4.78, 5) is 24.6. The molecular weight excluding hydrogens is 345 g/mol. The molecule has 5 heteroatoms. The molecule has 1 unspecified atom stereocenters. The van der Waals surface area contributed by atoms with Crippen LogP contribution in [0.25, 0.3) is 0 Å². The molecule has 2 N–H and O–H groups in total. The number of fused-ring (bicyclic) bond motifs is 1. The fraction of sp³-hybridized carbons (Fsp3) is 0.455. The second-order valence-electron chi connectivity index (χ2n) is 7.83. The van der Waals surface area contributed by atoms with Crippen molar-refractivity contribution in [2.45, 2.75) is 57.2 Å². The van der Waals surface area contributed by atoms with Crippen molar-refractivity contribution in [3.8, 4) is 0 Å². The first-order valence-corrected chi connectivity index (χ1v) is 9.69. The Morgan fingerprint density at radius 3 is 2.70 bits per heavy atom. The fourth-order valence-corrected chi connectivity index (χ4v) is 4.87. The summed E-state index contributed by atoms with van der Waals surface area (Å²) in [5.41, 5.74) is 2.03. The van der Waals surface area contributed by atoms with E-state index in [0.717, 1.165) is 36.8 Å². The molecule has 4 nitrogen and oxygen atoms in total. The van der Waals surface area contributed by atoms with E-state index >= 15 is 0 Å². The highest BCUT2D eigenvalue weighted by Crippen LogP contribution is 2.48. The van der Waals surface area contributed by atoms with Crippen molar-refractivity contribution in [3.05, 3.63) is 58.7 Å². The Labute approximate surface area is 158 Å². The Hall–Kier alpha value is -2.43. The van der Waals surface area contributed by atoms with E-state index in [0.29, 0.717) is 24.8 Å². The van der Waals surface area contributed by atoms with Gasteiger partial charge in [0.25, 0.3) is 0 Å². The zero-order valence-electron chi connectivity index (χ0n) is 15.2. The van der Waals surface area contributed by atoms with Gasteiger partial charge in [-0.25, -0.2) is 9.18 Å². The number of carboxylic acid groups (broad SMARTS) is 1. The van der Waals surface area contributed by atoms with Crippen LogP contribution in [0.5, 0.6) is 0 Å². The van der Waals surface area contributed by atoms with Crippen LogP contribution in [0.1, 0.15) is 66.1 Å². The molecule has 1 amide bonds. The summed E-state index contributed by atoms with van der Waals surface area (Å²) in [6, 6.07) is 4.90. The number of hydrogen-bond donors (Lipinski definition) is 2. The molecule has 0 heterocycles. The molecule has 27 heavy (non-hydrogen) atoms. The maximum absolute atomic E-state index is 14.6. The van der Waals surface area contributed by atoms with E-state index in [2.05, 4.69) is 5.32 Å². The first-order chi connectivity index (χ1) is 13.0. The SMILES string of the molecule is O=C(O)c1ccc2c(c1)[C@H](NC(=O)C1(C3=CC=CCC3F)CCCC1)CC2. The van der Waals surface area contributed by atoms with Crippen LogP contribution in [0.2, 0.25) is 0 Å². The summed E-state index contributed by atoms with van der Waals surface area (Å²) in [5, 5.41) is 12.4. The van der Waals surface area contributed by atoms with Crippen LogP contribution in [-0.4, -0.2) is 23.2 Å². The lowest BCUT2D eigenvalue weighted by Crippen LogP contribution is -2.44. The van der Waals surface area contributed by atoms with E-state index in [1.165, 1.54) is 0 Å². The van der Waals surface area contributed by atoms with E-state index < -0.39 is 17.6 Å². The smallest absolute Gasteiger partial charge is 0.335 e. The molecule has 0 spiro atoms. The van der Waals surface area contributed by atoms with Crippen molar-refractivity contribution in [2.24, 2.45) is 5.41 Å². The molecule has 3 aliphatic carbocycles. The van der Waals surface area contributed by atoms with E-state index in [1.807, 2.05) is 12.1 Å². The zero-order valence-corrected chi connectivity index (χ0v) is 15.2. The molecular formula is C22H24FNO3. The van der Waals surface area contributed by atoms with Gasteiger partial charge in [-0.15, -0.1) is 0 Å². The van der Waals surface area contributed by atoms with Crippen molar-refractivity contribution in [3.63, 3.8) is 0 Å². The summed E-state index contributed by atoms with van der Waals surface area (Å²) < 4.78 is 14.6. The third kappa shape index (κ3) is 3.09. The number of carboxylic acids is 1. The number of aryl methyl sites for hydroxylation is 1. The van der Waals surface area contributed by atoms with Gasteiger partial charge >= 0.3 is 5.97 Å². The lowest BCUT2D eigenvalue weighted by Gasteiger charge is -2.34. The molecule has 1 aromatic carbocycles. The van der Waals surface area contributed by atoms with Crippen LogP contribution in [0.4, 0.5) is 4.39 Å². The Kier molecular flexibility index (Phi) is 4.62. The summed E-state index contributed by atoms with van der Waals surface area (Å²) >= 11 is 0. The lowest BCUT2D eigenvalue weighted by molar-refractivity contribution is -0.130. The van der Waals surface area contributed by atoms with Crippen molar-refractivity contribution in [1.82, 2.24) is 5.32 Å². The Morgan fingerprint density at radius 2 is 2.00 bits per heavy atom. The van der Waals surface area contributed by atoms with Crippen LogP contribution in [0.15, 0.2) is 42.0 Å². The number of allylic oxidation sites excluding steroid dienone is 3. The van der Waals surface area contributed by atoms with Gasteiger partial charge in [0.15, 0.2) is 0 Å². The number of hydrogen-bond acceptors (Lipinski definition) is 2. The van der Waals surface area contributed by atoms with Crippen LogP contribution in [0, 0.1) is 5.41 Å².